The first-order valence-corrected chi connectivity index (χ1v) is 6.61. The van der Waals surface area contributed by atoms with E-state index < -0.39 is 0 Å². The fourth-order valence-corrected chi connectivity index (χ4v) is 2.69. The highest BCUT2D eigenvalue weighted by Crippen LogP contribution is 2.31. The minimum absolute atomic E-state index is 0.170. The second-order valence-electron chi connectivity index (χ2n) is 3.58. The third-order valence-corrected chi connectivity index (χ3v) is 3.58. The molecular weight excluding hydrogens is 271 g/mol. The van der Waals surface area contributed by atoms with Gasteiger partial charge in [0.1, 0.15) is 5.82 Å². The van der Waals surface area contributed by atoms with Gasteiger partial charge in [0.15, 0.2) is 4.32 Å². The van der Waals surface area contributed by atoms with E-state index in [9.17, 15) is 9.18 Å². The van der Waals surface area contributed by atoms with Crippen molar-refractivity contribution in [2.24, 2.45) is 0 Å². The topological polar surface area (TPSA) is 32.3 Å². The Morgan fingerprint density at radius 2 is 2.11 bits per heavy atom. The molecule has 1 amide bonds. The largest absolute Gasteiger partial charge is 0.280 e. The molecule has 0 atom stereocenters. The molecule has 1 aliphatic heterocycles. The molecule has 1 aromatic carbocycles. The molecule has 1 fully saturated rings. The van der Waals surface area contributed by atoms with Crippen molar-refractivity contribution < 1.29 is 9.18 Å². The lowest BCUT2D eigenvalue weighted by Gasteiger charge is -2.13. The van der Waals surface area contributed by atoms with Crippen molar-refractivity contribution in [3.8, 4) is 0 Å². The SMILES string of the molecule is CCNN1C(=O)/C(=C\c2ccc(F)cc2)SC1=S. The predicted molar refractivity (Wildman–Crippen MR) is 75.1 cm³/mol. The molecule has 0 aliphatic carbocycles. The number of amides is 1. The quantitative estimate of drug-likeness (QED) is 0.682. The van der Waals surface area contributed by atoms with Gasteiger partial charge in [0.05, 0.1) is 4.91 Å². The molecule has 1 N–H and O–H groups in total. The summed E-state index contributed by atoms with van der Waals surface area (Å²) >= 11 is 6.34. The maximum Gasteiger partial charge on any atom is 0.280 e. The first-order chi connectivity index (χ1) is 8.61. The Morgan fingerprint density at radius 1 is 1.44 bits per heavy atom. The van der Waals surface area contributed by atoms with Crippen LogP contribution >= 0.6 is 24.0 Å². The van der Waals surface area contributed by atoms with Crippen LogP contribution in [0.4, 0.5) is 4.39 Å². The molecule has 94 valence electrons. The van der Waals surface area contributed by atoms with Crippen LogP contribution in [0.3, 0.4) is 0 Å². The molecule has 0 aromatic heterocycles. The first-order valence-electron chi connectivity index (χ1n) is 5.39. The minimum Gasteiger partial charge on any atom is -0.267 e. The van der Waals surface area contributed by atoms with Crippen molar-refractivity contribution in [2.45, 2.75) is 6.92 Å². The number of hydrogen-bond acceptors (Lipinski definition) is 4. The van der Waals surface area contributed by atoms with E-state index in [2.05, 4.69) is 5.43 Å². The van der Waals surface area contributed by atoms with Crippen molar-refractivity contribution in [1.82, 2.24) is 10.4 Å². The normalized spacial score (nSPS) is 17.9. The van der Waals surface area contributed by atoms with E-state index in [1.807, 2.05) is 6.92 Å². The highest BCUT2D eigenvalue weighted by atomic mass is 32.2. The number of hydrogen-bond donors (Lipinski definition) is 1. The monoisotopic (exact) mass is 282 g/mol. The third kappa shape index (κ3) is 2.77. The number of thioether (sulfide) groups is 1. The molecule has 3 nitrogen and oxygen atoms in total. The Labute approximate surface area is 114 Å². The predicted octanol–water partition coefficient (Wildman–Crippen LogP) is 2.55. The van der Waals surface area contributed by atoms with Gasteiger partial charge >= 0.3 is 0 Å². The number of hydrazine groups is 1. The van der Waals surface area contributed by atoms with Gasteiger partial charge in [-0.3, -0.25) is 4.79 Å². The smallest absolute Gasteiger partial charge is 0.267 e. The van der Waals surface area contributed by atoms with Gasteiger partial charge < -0.3 is 0 Å². The number of nitrogens with zero attached hydrogens (tertiary/aromatic N) is 1. The molecule has 6 heteroatoms. The van der Waals surface area contributed by atoms with E-state index in [1.54, 1.807) is 18.2 Å². The average Bonchev–Trinajstić information content (AvgIpc) is 2.60. The maximum atomic E-state index is 12.8. The number of carbonyl (C=O) groups is 1. The van der Waals surface area contributed by atoms with Crippen LogP contribution in [-0.2, 0) is 4.79 Å². The summed E-state index contributed by atoms with van der Waals surface area (Å²) in [6, 6.07) is 5.96. The lowest BCUT2D eigenvalue weighted by Crippen LogP contribution is -2.40. The molecule has 1 aliphatic rings. The number of rotatable bonds is 3. The molecule has 0 bridgehead atoms. The van der Waals surface area contributed by atoms with Crippen LogP contribution < -0.4 is 5.43 Å². The Hall–Kier alpha value is -1.24. The molecule has 2 rings (SSSR count). The van der Waals surface area contributed by atoms with Crippen LogP contribution in [-0.4, -0.2) is 21.8 Å². The number of carbonyl (C=O) groups excluding carboxylic acids is 1. The van der Waals surface area contributed by atoms with E-state index >= 15 is 0 Å². The zero-order valence-electron chi connectivity index (χ0n) is 9.64. The molecule has 1 aromatic rings. The Balaban J connectivity index is 2.22. The van der Waals surface area contributed by atoms with E-state index in [0.29, 0.717) is 15.8 Å². The zero-order chi connectivity index (χ0) is 13.1. The fraction of sp³-hybridized carbons (Fsp3) is 0.167. The van der Waals surface area contributed by atoms with Crippen molar-refractivity contribution >= 4 is 40.3 Å². The van der Waals surface area contributed by atoms with Gasteiger partial charge in [-0.05, 0) is 23.8 Å². The van der Waals surface area contributed by atoms with Crippen molar-refractivity contribution in [1.29, 1.82) is 0 Å². The van der Waals surface area contributed by atoms with E-state index in [4.69, 9.17) is 12.2 Å². The summed E-state index contributed by atoms with van der Waals surface area (Å²) in [7, 11) is 0. The lowest BCUT2D eigenvalue weighted by molar-refractivity contribution is -0.124. The summed E-state index contributed by atoms with van der Waals surface area (Å²) in [6.45, 7) is 2.51. The molecule has 0 radical (unpaired) electrons. The van der Waals surface area contributed by atoms with Crippen LogP contribution in [0.1, 0.15) is 12.5 Å². The second-order valence-corrected chi connectivity index (χ2v) is 5.26. The van der Waals surface area contributed by atoms with Crippen LogP contribution in [0.2, 0.25) is 0 Å². The summed E-state index contributed by atoms with van der Waals surface area (Å²) in [5.41, 5.74) is 3.66. The van der Waals surface area contributed by atoms with Crippen LogP contribution in [0.15, 0.2) is 29.2 Å². The first kappa shape index (κ1) is 13.2. The van der Waals surface area contributed by atoms with Gasteiger partial charge in [-0.25, -0.2) is 14.8 Å². The van der Waals surface area contributed by atoms with Crippen molar-refractivity contribution in [2.75, 3.05) is 6.54 Å². The molecule has 1 heterocycles. The zero-order valence-corrected chi connectivity index (χ0v) is 11.3. The van der Waals surface area contributed by atoms with Gasteiger partial charge in [-0.15, -0.1) is 0 Å². The molecule has 1 saturated heterocycles. The Bertz CT molecular complexity index is 513. The van der Waals surface area contributed by atoms with Gasteiger partial charge in [-0.2, -0.15) is 0 Å². The number of benzene rings is 1. The lowest BCUT2D eigenvalue weighted by atomic mass is 10.2. The average molecular weight is 282 g/mol. The van der Waals surface area contributed by atoms with E-state index in [0.717, 1.165) is 5.56 Å². The highest BCUT2D eigenvalue weighted by Gasteiger charge is 2.31. The fourth-order valence-electron chi connectivity index (χ4n) is 1.47. The van der Waals surface area contributed by atoms with Crippen LogP contribution in [0.25, 0.3) is 6.08 Å². The Kier molecular flexibility index (Phi) is 4.11. The van der Waals surface area contributed by atoms with Crippen molar-refractivity contribution in [3.05, 3.63) is 40.6 Å². The van der Waals surface area contributed by atoms with E-state index in [1.165, 1.54) is 28.9 Å². The highest BCUT2D eigenvalue weighted by molar-refractivity contribution is 8.26. The van der Waals surface area contributed by atoms with Gasteiger partial charge in [0, 0.05) is 6.54 Å². The maximum absolute atomic E-state index is 12.8. The molecular formula is C12H11FN2OS2. The van der Waals surface area contributed by atoms with E-state index in [-0.39, 0.29) is 11.7 Å². The number of halogens is 1. The molecule has 0 unspecified atom stereocenters. The van der Waals surface area contributed by atoms with Gasteiger partial charge in [-0.1, -0.05) is 43.0 Å². The molecule has 18 heavy (non-hydrogen) atoms. The number of thiocarbonyl (C=S) groups is 1. The summed E-state index contributed by atoms with van der Waals surface area (Å²) in [4.78, 5) is 12.5. The summed E-state index contributed by atoms with van der Waals surface area (Å²) in [6.07, 6.45) is 1.70. The van der Waals surface area contributed by atoms with Gasteiger partial charge in [0.25, 0.3) is 5.91 Å². The molecule has 0 saturated carbocycles. The van der Waals surface area contributed by atoms with Crippen LogP contribution in [0, 0.1) is 5.82 Å². The molecule has 0 spiro atoms. The summed E-state index contributed by atoms with van der Waals surface area (Å²) in [5.74, 6) is -0.469. The standard InChI is InChI=1S/C12H11FN2OS2/c1-2-14-15-11(16)10(18-12(15)17)7-8-3-5-9(13)6-4-8/h3-7,14H,2H2,1H3/b10-7+. The van der Waals surface area contributed by atoms with Gasteiger partial charge in [0.2, 0.25) is 0 Å². The third-order valence-electron chi connectivity index (χ3n) is 2.28. The second kappa shape index (κ2) is 5.60. The number of nitrogens with one attached hydrogen (secondary N) is 1. The minimum atomic E-state index is -0.299. The summed E-state index contributed by atoms with van der Waals surface area (Å²) in [5, 5.41) is 1.36. The summed E-state index contributed by atoms with van der Waals surface area (Å²) < 4.78 is 13.3. The van der Waals surface area contributed by atoms with Crippen LogP contribution in [0.5, 0.6) is 0 Å². The van der Waals surface area contributed by atoms with Crippen molar-refractivity contribution in [3.63, 3.8) is 0 Å². The Morgan fingerprint density at radius 3 is 2.72 bits per heavy atom.